The van der Waals surface area contributed by atoms with E-state index in [4.69, 9.17) is 4.74 Å². The van der Waals surface area contributed by atoms with Crippen molar-refractivity contribution in [2.24, 2.45) is 0 Å². The third-order valence-corrected chi connectivity index (χ3v) is 14.3. The lowest BCUT2D eigenvalue weighted by molar-refractivity contribution is -0.143. The van der Waals surface area contributed by atoms with Crippen LogP contribution in [-0.4, -0.2) is 47.4 Å². The summed E-state index contributed by atoms with van der Waals surface area (Å²) in [6.45, 7) is 4.92. The van der Waals surface area contributed by atoms with E-state index in [1.165, 1.54) is 276 Å². The van der Waals surface area contributed by atoms with E-state index in [2.05, 4.69) is 19.2 Å². The summed E-state index contributed by atoms with van der Waals surface area (Å²) in [5, 5.41) is 23.1. The van der Waals surface area contributed by atoms with E-state index in [0.717, 1.165) is 38.5 Å². The number of carbonyl (C=O) groups excluding carboxylic acids is 2. The van der Waals surface area contributed by atoms with Gasteiger partial charge in [-0.1, -0.05) is 309 Å². The largest absolute Gasteiger partial charge is 0.466 e. The summed E-state index contributed by atoms with van der Waals surface area (Å²) < 4.78 is 5.47. The zero-order chi connectivity index (χ0) is 48.6. The summed E-state index contributed by atoms with van der Waals surface area (Å²) >= 11 is 0. The number of nitrogens with one attached hydrogen (secondary N) is 1. The summed E-state index contributed by atoms with van der Waals surface area (Å²) in [4.78, 5) is 24.5. The Labute approximate surface area is 419 Å². The van der Waals surface area contributed by atoms with Gasteiger partial charge in [-0.15, -0.1) is 0 Å². The highest BCUT2D eigenvalue weighted by atomic mass is 16.5. The second kappa shape index (κ2) is 57.2. The van der Waals surface area contributed by atoms with Crippen LogP contribution in [0.1, 0.15) is 341 Å². The molecule has 0 bridgehead atoms. The van der Waals surface area contributed by atoms with Crippen LogP contribution in [-0.2, 0) is 14.3 Å². The van der Waals surface area contributed by atoms with Crippen LogP contribution >= 0.6 is 0 Å². The van der Waals surface area contributed by atoms with Crippen LogP contribution in [0.5, 0.6) is 0 Å². The molecule has 6 nitrogen and oxygen atoms in total. The van der Waals surface area contributed by atoms with Crippen molar-refractivity contribution in [2.75, 3.05) is 13.2 Å². The number of unbranched alkanes of at least 4 members (excludes halogenated alkanes) is 46. The first kappa shape index (κ1) is 65.6. The van der Waals surface area contributed by atoms with Crippen molar-refractivity contribution in [1.82, 2.24) is 5.32 Å². The average molecular weight is 947 g/mol. The molecule has 0 rings (SSSR count). The lowest BCUT2D eigenvalue weighted by Crippen LogP contribution is -2.45. The van der Waals surface area contributed by atoms with E-state index in [9.17, 15) is 19.8 Å². The number of amides is 1. The molecule has 0 aliphatic heterocycles. The predicted octanol–water partition coefficient (Wildman–Crippen LogP) is 18.9. The molecule has 0 aromatic carbocycles. The summed E-state index contributed by atoms with van der Waals surface area (Å²) in [5.41, 5.74) is 0. The average Bonchev–Trinajstić information content (AvgIpc) is 3.33. The highest BCUT2D eigenvalue weighted by Gasteiger charge is 2.18. The predicted molar refractivity (Wildman–Crippen MR) is 292 cm³/mol. The standard InChI is InChI=1S/C61H119NO5/c1-3-5-7-9-11-13-15-17-18-27-30-33-37-41-45-49-53-59(64)58(57-63)62-60(65)54-50-46-42-38-34-31-28-25-23-21-19-20-22-24-26-29-32-36-40-44-48-52-56-67-61(66)55-51-47-43-39-35-16-14-12-10-8-6-4-2/h49,53,58-59,63-64H,3-48,50-52,54-57H2,1-2H3,(H,62,65)/b53-49+. The maximum absolute atomic E-state index is 12.5. The van der Waals surface area contributed by atoms with Crippen molar-refractivity contribution in [3.05, 3.63) is 12.2 Å². The lowest BCUT2D eigenvalue weighted by atomic mass is 10.0. The van der Waals surface area contributed by atoms with Gasteiger partial charge in [0.2, 0.25) is 5.91 Å². The van der Waals surface area contributed by atoms with Crippen molar-refractivity contribution in [2.45, 2.75) is 353 Å². The Morgan fingerprint density at radius 2 is 0.687 bits per heavy atom. The Balaban J connectivity index is 3.40. The van der Waals surface area contributed by atoms with Crippen LogP contribution in [0.15, 0.2) is 12.2 Å². The summed E-state index contributed by atoms with van der Waals surface area (Å²) in [6, 6.07) is -0.627. The molecule has 6 heteroatoms. The first-order valence-corrected chi connectivity index (χ1v) is 30.5. The molecule has 398 valence electrons. The zero-order valence-electron chi connectivity index (χ0n) is 45.4. The Bertz CT molecular complexity index is 1000. The van der Waals surface area contributed by atoms with Crippen molar-refractivity contribution >= 4 is 11.9 Å². The van der Waals surface area contributed by atoms with Crippen LogP contribution in [0.3, 0.4) is 0 Å². The van der Waals surface area contributed by atoms with Gasteiger partial charge in [-0.2, -0.15) is 0 Å². The van der Waals surface area contributed by atoms with Gasteiger partial charge in [0.25, 0.3) is 0 Å². The summed E-state index contributed by atoms with van der Waals surface area (Å²) in [7, 11) is 0. The monoisotopic (exact) mass is 946 g/mol. The third-order valence-electron chi connectivity index (χ3n) is 14.3. The SMILES string of the molecule is CCCCCCCCCCCCCCCC/C=C/C(O)C(CO)NC(=O)CCCCCCCCCCCCCCCCCCCCCCCCOC(=O)CCCCCCCCCCCCCC. The van der Waals surface area contributed by atoms with Gasteiger partial charge in [0.05, 0.1) is 25.4 Å². The van der Waals surface area contributed by atoms with Crippen LogP contribution in [0.2, 0.25) is 0 Å². The van der Waals surface area contributed by atoms with Gasteiger partial charge >= 0.3 is 5.97 Å². The molecule has 0 heterocycles. The molecule has 0 aliphatic carbocycles. The van der Waals surface area contributed by atoms with E-state index >= 15 is 0 Å². The van der Waals surface area contributed by atoms with Gasteiger partial charge < -0.3 is 20.3 Å². The first-order chi connectivity index (χ1) is 33.0. The highest BCUT2D eigenvalue weighted by Crippen LogP contribution is 2.18. The van der Waals surface area contributed by atoms with Crippen molar-refractivity contribution in [1.29, 1.82) is 0 Å². The van der Waals surface area contributed by atoms with Crippen LogP contribution in [0.25, 0.3) is 0 Å². The second-order valence-corrected chi connectivity index (χ2v) is 21.0. The third kappa shape index (κ3) is 53.8. The molecule has 0 aliphatic rings. The Hall–Kier alpha value is -1.40. The van der Waals surface area contributed by atoms with Gasteiger partial charge in [-0.25, -0.2) is 0 Å². The van der Waals surface area contributed by atoms with Gasteiger partial charge in [0, 0.05) is 12.8 Å². The quantitative estimate of drug-likeness (QED) is 0.0321. The number of carbonyl (C=O) groups is 2. The van der Waals surface area contributed by atoms with Gasteiger partial charge in [-0.05, 0) is 32.1 Å². The molecule has 0 aromatic rings. The molecule has 3 N–H and O–H groups in total. The molecule has 0 saturated heterocycles. The topological polar surface area (TPSA) is 95.9 Å². The Morgan fingerprint density at radius 3 is 1.01 bits per heavy atom. The van der Waals surface area contributed by atoms with Crippen molar-refractivity contribution in [3.63, 3.8) is 0 Å². The molecule has 2 unspecified atom stereocenters. The number of allylic oxidation sites excluding steroid dienone is 1. The number of aliphatic hydroxyl groups excluding tert-OH is 2. The zero-order valence-corrected chi connectivity index (χ0v) is 45.4. The number of aliphatic hydroxyl groups is 2. The number of hydrogen-bond donors (Lipinski definition) is 3. The Morgan fingerprint density at radius 1 is 0.403 bits per heavy atom. The smallest absolute Gasteiger partial charge is 0.305 e. The molecule has 0 radical (unpaired) electrons. The number of ether oxygens (including phenoxy) is 1. The van der Waals surface area contributed by atoms with Crippen LogP contribution < -0.4 is 5.32 Å². The minimum absolute atomic E-state index is 0.0139. The highest BCUT2D eigenvalue weighted by molar-refractivity contribution is 5.76. The first-order valence-electron chi connectivity index (χ1n) is 30.5. The molecule has 0 spiro atoms. The van der Waals surface area contributed by atoms with Gasteiger partial charge in [-0.3, -0.25) is 9.59 Å². The molecule has 67 heavy (non-hydrogen) atoms. The van der Waals surface area contributed by atoms with E-state index in [-0.39, 0.29) is 18.5 Å². The summed E-state index contributed by atoms with van der Waals surface area (Å²) in [6.07, 6.45) is 68.2. The maximum Gasteiger partial charge on any atom is 0.305 e. The molecule has 2 atom stereocenters. The van der Waals surface area contributed by atoms with Gasteiger partial charge in [0.1, 0.15) is 0 Å². The minimum atomic E-state index is -0.843. The molecular formula is C61H119NO5. The van der Waals surface area contributed by atoms with E-state index in [1.54, 1.807) is 6.08 Å². The second-order valence-electron chi connectivity index (χ2n) is 21.0. The van der Waals surface area contributed by atoms with E-state index in [0.29, 0.717) is 19.4 Å². The lowest BCUT2D eigenvalue weighted by Gasteiger charge is -2.20. The number of esters is 1. The molecular weight excluding hydrogens is 827 g/mol. The number of hydrogen-bond acceptors (Lipinski definition) is 5. The fourth-order valence-electron chi connectivity index (χ4n) is 9.64. The van der Waals surface area contributed by atoms with Gasteiger partial charge in [0.15, 0.2) is 0 Å². The van der Waals surface area contributed by atoms with Crippen LogP contribution in [0.4, 0.5) is 0 Å². The normalized spacial score (nSPS) is 12.6. The molecule has 0 aromatic heterocycles. The molecule has 0 saturated carbocycles. The van der Waals surface area contributed by atoms with E-state index < -0.39 is 12.1 Å². The number of rotatable bonds is 57. The van der Waals surface area contributed by atoms with E-state index in [1.807, 2.05) is 6.08 Å². The molecule has 0 fully saturated rings. The Kier molecular flexibility index (Phi) is 56.0. The summed E-state index contributed by atoms with van der Waals surface area (Å²) in [5.74, 6) is -0.0517. The minimum Gasteiger partial charge on any atom is -0.466 e. The molecule has 1 amide bonds. The van der Waals surface area contributed by atoms with Crippen molar-refractivity contribution in [3.8, 4) is 0 Å². The van der Waals surface area contributed by atoms with Crippen molar-refractivity contribution < 1.29 is 24.5 Å². The maximum atomic E-state index is 12.5. The fourth-order valence-corrected chi connectivity index (χ4v) is 9.64. The fraction of sp³-hybridized carbons (Fsp3) is 0.934. The van der Waals surface area contributed by atoms with Crippen LogP contribution in [0, 0.1) is 0 Å².